The van der Waals surface area contributed by atoms with E-state index in [1.165, 1.54) is 6.20 Å². The molecule has 0 unspecified atom stereocenters. The van der Waals surface area contributed by atoms with Crippen molar-refractivity contribution in [1.82, 2.24) is 9.97 Å². The van der Waals surface area contributed by atoms with Crippen LogP contribution in [0.3, 0.4) is 0 Å². The highest BCUT2D eigenvalue weighted by Crippen LogP contribution is 2.20. The summed E-state index contributed by atoms with van der Waals surface area (Å²) in [6, 6.07) is 8.49. The van der Waals surface area contributed by atoms with Crippen LogP contribution in [0.4, 0.5) is 0 Å². The lowest BCUT2D eigenvalue weighted by Crippen LogP contribution is -2.21. The third kappa shape index (κ3) is 3.13. The van der Waals surface area contributed by atoms with Crippen molar-refractivity contribution in [2.45, 2.75) is 26.2 Å². The second-order valence-corrected chi connectivity index (χ2v) is 5.71. The van der Waals surface area contributed by atoms with Crippen LogP contribution in [0.2, 0.25) is 0 Å². The van der Waals surface area contributed by atoms with Crippen LogP contribution in [0.25, 0.3) is 0 Å². The predicted octanol–water partition coefficient (Wildman–Crippen LogP) is 2.70. The van der Waals surface area contributed by atoms with Gasteiger partial charge in [-0.25, -0.2) is 14.8 Å². The van der Waals surface area contributed by atoms with Gasteiger partial charge in [0.25, 0.3) is 0 Å². The molecule has 0 aliphatic rings. The fourth-order valence-corrected chi connectivity index (χ4v) is 1.82. The highest BCUT2D eigenvalue weighted by molar-refractivity contribution is 6.13. The number of benzene rings is 1. The van der Waals surface area contributed by atoms with Gasteiger partial charge in [-0.1, -0.05) is 51.1 Å². The number of aromatic carboxylic acids is 1. The average Bonchev–Trinajstić information content (AvgIpc) is 2.45. The minimum atomic E-state index is -1.23. The first-order valence-corrected chi connectivity index (χ1v) is 6.51. The maximum atomic E-state index is 12.4. The summed E-state index contributed by atoms with van der Waals surface area (Å²) in [7, 11) is 0. The average molecular weight is 284 g/mol. The molecule has 0 aliphatic heterocycles. The summed E-state index contributed by atoms with van der Waals surface area (Å²) in [5.41, 5.74) is -0.240. The molecule has 0 saturated carbocycles. The highest BCUT2D eigenvalue weighted by Gasteiger charge is 2.25. The molecular formula is C16H16N2O3. The summed E-state index contributed by atoms with van der Waals surface area (Å²) in [6.07, 6.45) is 1.30. The van der Waals surface area contributed by atoms with Gasteiger partial charge in [-0.05, 0) is 0 Å². The summed E-state index contributed by atoms with van der Waals surface area (Å²) in [5.74, 6) is -1.24. The fraction of sp³-hybridized carbons (Fsp3) is 0.250. The molecule has 2 aromatic rings. The van der Waals surface area contributed by atoms with Crippen LogP contribution in [0, 0.1) is 0 Å². The number of carboxylic acid groups (broad SMARTS) is 1. The van der Waals surface area contributed by atoms with Crippen LogP contribution in [0.5, 0.6) is 0 Å². The molecule has 0 atom stereocenters. The van der Waals surface area contributed by atoms with Gasteiger partial charge in [0.15, 0.2) is 11.5 Å². The number of carbonyl (C=O) groups is 2. The molecule has 1 aromatic heterocycles. The quantitative estimate of drug-likeness (QED) is 0.876. The molecule has 2 rings (SSSR count). The Bertz CT molecular complexity index is 688. The normalized spacial score (nSPS) is 11.2. The second kappa shape index (κ2) is 5.44. The number of rotatable bonds is 3. The highest BCUT2D eigenvalue weighted by atomic mass is 16.4. The standard InChI is InChI=1S/C16H16N2O3/c1-16(2,3)15-17-9-11(12(18-15)14(20)21)13(19)10-7-5-4-6-8-10/h4-9H,1-3H3,(H,20,21). The Labute approximate surface area is 122 Å². The van der Waals surface area contributed by atoms with E-state index in [9.17, 15) is 14.7 Å². The van der Waals surface area contributed by atoms with E-state index in [0.29, 0.717) is 11.4 Å². The summed E-state index contributed by atoms with van der Waals surface area (Å²) in [5, 5.41) is 9.31. The minimum absolute atomic E-state index is 0.00157. The first-order chi connectivity index (χ1) is 9.80. The predicted molar refractivity (Wildman–Crippen MR) is 77.6 cm³/mol. The Morgan fingerprint density at radius 3 is 2.24 bits per heavy atom. The number of carbonyl (C=O) groups excluding carboxylic acids is 1. The van der Waals surface area contributed by atoms with Crippen LogP contribution < -0.4 is 0 Å². The lowest BCUT2D eigenvalue weighted by atomic mass is 9.95. The largest absolute Gasteiger partial charge is 0.476 e. The lowest BCUT2D eigenvalue weighted by molar-refractivity contribution is 0.0685. The van der Waals surface area contributed by atoms with Crippen molar-refractivity contribution in [1.29, 1.82) is 0 Å². The Morgan fingerprint density at radius 2 is 1.71 bits per heavy atom. The zero-order chi connectivity index (χ0) is 15.6. The number of aromatic nitrogens is 2. The molecule has 1 heterocycles. The summed E-state index contributed by atoms with van der Waals surface area (Å²) >= 11 is 0. The van der Waals surface area contributed by atoms with Gasteiger partial charge in [0.05, 0.1) is 5.56 Å². The van der Waals surface area contributed by atoms with Crippen molar-refractivity contribution >= 4 is 11.8 Å². The number of hydrogen-bond acceptors (Lipinski definition) is 4. The minimum Gasteiger partial charge on any atom is -0.476 e. The van der Waals surface area contributed by atoms with Crippen molar-refractivity contribution in [2.75, 3.05) is 0 Å². The van der Waals surface area contributed by atoms with Gasteiger partial charge < -0.3 is 5.11 Å². The fourth-order valence-electron chi connectivity index (χ4n) is 1.82. The van der Waals surface area contributed by atoms with Crippen LogP contribution in [-0.2, 0) is 5.41 Å². The van der Waals surface area contributed by atoms with Gasteiger partial charge in [-0.2, -0.15) is 0 Å². The molecule has 21 heavy (non-hydrogen) atoms. The van der Waals surface area contributed by atoms with Gasteiger partial charge in [0.2, 0.25) is 0 Å². The molecule has 0 saturated heterocycles. The Kier molecular flexibility index (Phi) is 3.84. The van der Waals surface area contributed by atoms with Gasteiger partial charge in [-0.15, -0.1) is 0 Å². The Morgan fingerprint density at radius 1 is 1.10 bits per heavy atom. The third-order valence-corrected chi connectivity index (χ3v) is 2.94. The molecule has 0 fully saturated rings. The lowest BCUT2D eigenvalue weighted by Gasteiger charge is -2.17. The molecule has 1 aromatic carbocycles. The third-order valence-electron chi connectivity index (χ3n) is 2.94. The Hall–Kier alpha value is -2.56. The molecule has 0 spiro atoms. The van der Waals surface area contributed by atoms with E-state index in [0.717, 1.165) is 0 Å². The number of carboxylic acids is 1. The van der Waals surface area contributed by atoms with E-state index < -0.39 is 17.2 Å². The van der Waals surface area contributed by atoms with Crippen LogP contribution >= 0.6 is 0 Å². The Balaban J connectivity index is 2.54. The summed E-state index contributed by atoms with van der Waals surface area (Å²) in [4.78, 5) is 32.0. The van der Waals surface area contributed by atoms with Gasteiger partial charge in [0, 0.05) is 17.2 Å². The van der Waals surface area contributed by atoms with Crippen molar-refractivity contribution < 1.29 is 14.7 Å². The zero-order valence-electron chi connectivity index (χ0n) is 12.1. The SMILES string of the molecule is CC(C)(C)c1ncc(C(=O)c2ccccc2)c(C(=O)O)n1. The zero-order valence-corrected chi connectivity index (χ0v) is 12.1. The summed E-state index contributed by atoms with van der Waals surface area (Å²) in [6.45, 7) is 5.64. The van der Waals surface area contributed by atoms with Gasteiger partial charge in [-0.3, -0.25) is 4.79 Å². The van der Waals surface area contributed by atoms with Crippen molar-refractivity contribution in [3.05, 3.63) is 59.2 Å². The molecule has 0 radical (unpaired) electrons. The van der Waals surface area contributed by atoms with Crippen LogP contribution in [0.1, 0.15) is 53.0 Å². The number of hydrogen-bond donors (Lipinski definition) is 1. The molecule has 0 aliphatic carbocycles. The van der Waals surface area contributed by atoms with Crippen molar-refractivity contribution in [3.63, 3.8) is 0 Å². The molecule has 0 bridgehead atoms. The first-order valence-electron chi connectivity index (χ1n) is 6.51. The smallest absolute Gasteiger partial charge is 0.355 e. The molecule has 108 valence electrons. The van der Waals surface area contributed by atoms with Gasteiger partial charge >= 0.3 is 5.97 Å². The topological polar surface area (TPSA) is 80.2 Å². The number of ketones is 1. The van der Waals surface area contributed by atoms with E-state index in [1.807, 2.05) is 20.8 Å². The van der Waals surface area contributed by atoms with E-state index >= 15 is 0 Å². The maximum absolute atomic E-state index is 12.4. The molecular weight excluding hydrogens is 268 g/mol. The molecule has 1 N–H and O–H groups in total. The van der Waals surface area contributed by atoms with Crippen molar-refractivity contribution in [3.8, 4) is 0 Å². The van der Waals surface area contributed by atoms with E-state index in [-0.39, 0.29) is 11.3 Å². The first kappa shape index (κ1) is 14.8. The van der Waals surface area contributed by atoms with Gasteiger partial charge in [0.1, 0.15) is 5.82 Å². The van der Waals surface area contributed by atoms with E-state index in [2.05, 4.69) is 9.97 Å². The van der Waals surface area contributed by atoms with E-state index in [1.54, 1.807) is 30.3 Å². The van der Waals surface area contributed by atoms with Crippen molar-refractivity contribution in [2.24, 2.45) is 0 Å². The monoisotopic (exact) mass is 284 g/mol. The summed E-state index contributed by atoms with van der Waals surface area (Å²) < 4.78 is 0. The molecule has 0 amide bonds. The number of nitrogens with zero attached hydrogens (tertiary/aromatic N) is 2. The van der Waals surface area contributed by atoms with Crippen LogP contribution in [-0.4, -0.2) is 26.8 Å². The van der Waals surface area contributed by atoms with Crippen LogP contribution in [0.15, 0.2) is 36.5 Å². The molecule has 5 heteroatoms. The van der Waals surface area contributed by atoms with E-state index in [4.69, 9.17) is 0 Å². The second-order valence-electron chi connectivity index (χ2n) is 5.71. The maximum Gasteiger partial charge on any atom is 0.355 e. The molecule has 5 nitrogen and oxygen atoms in total.